The number of likely N-dealkylation sites (tertiary alicyclic amines) is 2. The molecule has 1 unspecified atom stereocenters. The molecule has 0 aromatic carbocycles. The Hall–Kier alpha value is -0.610. The number of hydrogen-bond acceptors (Lipinski definition) is 3. The van der Waals surface area contributed by atoms with Gasteiger partial charge in [0.15, 0.2) is 0 Å². The van der Waals surface area contributed by atoms with Crippen LogP contribution >= 0.6 is 0 Å². The lowest BCUT2D eigenvalue weighted by Gasteiger charge is -2.32. The smallest absolute Gasteiger partial charge is 0.224 e. The molecule has 19 heavy (non-hydrogen) atoms. The van der Waals surface area contributed by atoms with E-state index in [9.17, 15) is 4.79 Å². The van der Waals surface area contributed by atoms with Gasteiger partial charge in [-0.1, -0.05) is 13.8 Å². The number of rotatable bonds is 4. The van der Waals surface area contributed by atoms with Crippen LogP contribution in [0.3, 0.4) is 0 Å². The van der Waals surface area contributed by atoms with E-state index >= 15 is 0 Å². The molecule has 2 aliphatic rings. The van der Waals surface area contributed by atoms with Crippen molar-refractivity contribution in [2.24, 2.45) is 11.1 Å². The summed E-state index contributed by atoms with van der Waals surface area (Å²) in [5.74, 6) is 0.305. The molecule has 110 valence electrons. The van der Waals surface area contributed by atoms with Crippen LogP contribution < -0.4 is 5.73 Å². The minimum atomic E-state index is 0.233. The summed E-state index contributed by atoms with van der Waals surface area (Å²) in [6, 6.07) is 0.233. The van der Waals surface area contributed by atoms with Gasteiger partial charge in [0.2, 0.25) is 5.91 Å². The van der Waals surface area contributed by atoms with Crippen LogP contribution in [0.5, 0.6) is 0 Å². The van der Waals surface area contributed by atoms with Crippen molar-refractivity contribution in [2.45, 2.75) is 52.0 Å². The Morgan fingerprint density at radius 1 is 1.21 bits per heavy atom. The summed E-state index contributed by atoms with van der Waals surface area (Å²) in [5.41, 5.74) is 6.28. The van der Waals surface area contributed by atoms with E-state index in [-0.39, 0.29) is 6.04 Å². The normalized spacial score (nSPS) is 25.5. The van der Waals surface area contributed by atoms with Gasteiger partial charge in [-0.2, -0.15) is 0 Å². The fourth-order valence-electron chi connectivity index (χ4n) is 3.30. The zero-order chi connectivity index (χ0) is 13.9. The van der Waals surface area contributed by atoms with E-state index in [1.807, 2.05) is 4.90 Å². The topological polar surface area (TPSA) is 49.6 Å². The number of carbonyl (C=O) groups excluding carboxylic acids is 1. The molecular weight excluding hydrogens is 238 g/mol. The second-order valence-corrected chi connectivity index (χ2v) is 6.92. The van der Waals surface area contributed by atoms with E-state index in [4.69, 9.17) is 5.73 Å². The lowest BCUT2D eigenvalue weighted by Crippen LogP contribution is -2.45. The molecule has 2 aliphatic heterocycles. The molecule has 2 rings (SSSR count). The Labute approximate surface area is 117 Å². The first kappa shape index (κ1) is 14.8. The largest absolute Gasteiger partial charge is 0.343 e. The average molecular weight is 267 g/mol. The highest BCUT2D eigenvalue weighted by atomic mass is 16.2. The second-order valence-electron chi connectivity index (χ2n) is 6.92. The summed E-state index contributed by atoms with van der Waals surface area (Å²) in [6.07, 6.45) is 5.41. The van der Waals surface area contributed by atoms with E-state index in [2.05, 4.69) is 18.7 Å². The van der Waals surface area contributed by atoms with Crippen molar-refractivity contribution in [3.8, 4) is 0 Å². The van der Waals surface area contributed by atoms with Gasteiger partial charge in [-0.05, 0) is 37.6 Å². The first-order valence-corrected chi connectivity index (χ1v) is 7.74. The minimum Gasteiger partial charge on any atom is -0.343 e. The van der Waals surface area contributed by atoms with E-state index in [1.54, 1.807) is 0 Å². The van der Waals surface area contributed by atoms with E-state index in [0.717, 1.165) is 39.0 Å². The SMILES string of the molecule is CC1(C)CCN(C(CN)CC(=O)N2CCCCC2)C1. The van der Waals surface area contributed by atoms with Gasteiger partial charge < -0.3 is 10.6 Å². The maximum absolute atomic E-state index is 12.3. The molecule has 2 saturated heterocycles. The Morgan fingerprint density at radius 3 is 2.42 bits per heavy atom. The van der Waals surface area contributed by atoms with Gasteiger partial charge in [-0.15, -0.1) is 0 Å². The Morgan fingerprint density at radius 2 is 1.89 bits per heavy atom. The summed E-state index contributed by atoms with van der Waals surface area (Å²) in [7, 11) is 0. The fraction of sp³-hybridized carbons (Fsp3) is 0.933. The van der Waals surface area contributed by atoms with E-state index < -0.39 is 0 Å². The number of piperidine rings is 1. The van der Waals surface area contributed by atoms with Crippen molar-refractivity contribution >= 4 is 5.91 Å². The van der Waals surface area contributed by atoms with Gasteiger partial charge in [0.05, 0.1) is 0 Å². The van der Waals surface area contributed by atoms with Crippen molar-refractivity contribution in [2.75, 3.05) is 32.7 Å². The maximum atomic E-state index is 12.3. The summed E-state index contributed by atoms with van der Waals surface area (Å²) in [5, 5.41) is 0. The Bertz CT molecular complexity index is 311. The standard InChI is InChI=1S/C15H29N3O/c1-15(2)6-9-18(12-15)13(11-16)10-14(19)17-7-4-3-5-8-17/h13H,3-12,16H2,1-2H3. The monoisotopic (exact) mass is 267 g/mol. The van der Waals surface area contributed by atoms with Crippen molar-refractivity contribution in [1.29, 1.82) is 0 Å². The lowest BCUT2D eigenvalue weighted by molar-refractivity contribution is -0.133. The predicted octanol–water partition coefficient (Wildman–Crippen LogP) is 1.45. The van der Waals surface area contributed by atoms with Gasteiger partial charge in [0, 0.05) is 38.6 Å². The van der Waals surface area contributed by atoms with Crippen LogP contribution in [0.25, 0.3) is 0 Å². The molecule has 2 fully saturated rings. The quantitative estimate of drug-likeness (QED) is 0.838. The third kappa shape index (κ3) is 3.93. The highest BCUT2D eigenvalue weighted by Crippen LogP contribution is 2.30. The number of nitrogens with zero attached hydrogens (tertiary/aromatic N) is 2. The van der Waals surface area contributed by atoms with Crippen molar-refractivity contribution < 1.29 is 4.79 Å². The summed E-state index contributed by atoms with van der Waals surface area (Å²) in [4.78, 5) is 16.8. The van der Waals surface area contributed by atoms with Gasteiger partial charge in [-0.3, -0.25) is 9.69 Å². The molecule has 0 bridgehead atoms. The van der Waals surface area contributed by atoms with Crippen LogP contribution in [0.2, 0.25) is 0 Å². The van der Waals surface area contributed by atoms with Crippen LogP contribution in [-0.2, 0) is 4.79 Å². The molecule has 4 heteroatoms. The third-order valence-corrected chi connectivity index (χ3v) is 4.61. The number of amides is 1. The van der Waals surface area contributed by atoms with Crippen LogP contribution in [0.15, 0.2) is 0 Å². The van der Waals surface area contributed by atoms with Gasteiger partial charge in [0.1, 0.15) is 0 Å². The Kier molecular flexibility index (Phi) is 4.85. The molecule has 0 spiro atoms. The zero-order valence-corrected chi connectivity index (χ0v) is 12.5. The zero-order valence-electron chi connectivity index (χ0n) is 12.5. The van der Waals surface area contributed by atoms with Crippen molar-refractivity contribution in [3.05, 3.63) is 0 Å². The molecule has 1 atom stereocenters. The Balaban J connectivity index is 1.86. The molecule has 2 heterocycles. The number of carbonyl (C=O) groups is 1. The second kappa shape index (κ2) is 6.23. The first-order chi connectivity index (χ1) is 9.02. The molecule has 0 aromatic heterocycles. The molecule has 0 aromatic rings. The first-order valence-electron chi connectivity index (χ1n) is 7.74. The fourth-order valence-corrected chi connectivity index (χ4v) is 3.30. The molecule has 4 nitrogen and oxygen atoms in total. The van der Waals surface area contributed by atoms with Crippen LogP contribution in [-0.4, -0.2) is 54.5 Å². The van der Waals surface area contributed by atoms with Gasteiger partial charge in [0.25, 0.3) is 0 Å². The molecule has 2 N–H and O–H groups in total. The van der Waals surface area contributed by atoms with Crippen LogP contribution in [0.1, 0.15) is 46.0 Å². The molecule has 1 amide bonds. The van der Waals surface area contributed by atoms with Crippen LogP contribution in [0.4, 0.5) is 0 Å². The molecule has 0 radical (unpaired) electrons. The highest BCUT2D eigenvalue weighted by Gasteiger charge is 2.34. The van der Waals surface area contributed by atoms with Crippen molar-refractivity contribution in [3.63, 3.8) is 0 Å². The lowest BCUT2D eigenvalue weighted by atomic mass is 9.93. The van der Waals surface area contributed by atoms with Crippen LogP contribution in [0, 0.1) is 5.41 Å². The minimum absolute atomic E-state index is 0.233. The summed E-state index contributed by atoms with van der Waals surface area (Å²) in [6.45, 7) is 9.24. The third-order valence-electron chi connectivity index (χ3n) is 4.61. The number of hydrogen-bond donors (Lipinski definition) is 1. The molecule has 0 saturated carbocycles. The van der Waals surface area contributed by atoms with Crippen molar-refractivity contribution in [1.82, 2.24) is 9.80 Å². The van der Waals surface area contributed by atoms with Gasteiger partial charge in [-0.25, -0.2) is 0 Å². The molecular formula is C15H29N3O. The van der Waals surface area contributed by atoms with E-state index in [0.29, 0.717) is 24.3 Å². The summed E-state index contributed by atoms with van der Waals surface area (Å²) >= 11 is 0. The van der Waals surface area contributed by atoms with Gasteiger partial charge >= 0.3 is 0 Å². The summed E-state index contributed by atoms with van der Waals surface area (Å²) < 4.78 is 0. The maximum Gasteiger partial charge on any atom is 0.224 e. The average Bonchev–Trinajstić information content (AvgIpc) is 2.77. The highest BCUT2D eigenvalue weighted by molar-refractivity contribution is 5.77. The molecule has 0 aliphatic carbocycles. The number of nitrogens with two attached hydrogens (primary N) is 1. The predicted molar refractivity (Wildman–Crippen MR) is 77.9 cm³/mol. The van der Waals surface area contributed by atoms with E-state index in [1.165, 1.54) is 12.8 Å².